The number of nitrogens with one attached hydrogen (secondary N) is 1. The van der Waals surface area contributed by atoms with E-state index in [1.807, 2.05) is 36.4 Å². The molecule has 3 rings (SSSR count). The van der Waals surface area contributed by atoms with Gasteiger partial charge in [-0.2, -0.15) is 0 Å². The van der Waals surface area contributed by atoms with E-state index in [1.54, 1.807) is 11.0 Å². The fourth-order valence-corrected chi connectivity index (χ4v) is 2.76. The summed E-state index contributed by atoms with van der Waals surface area (Å²) in [6.07, 6.45) is 0. The number of amides is 1. The molecule has 1 heterocycles. The first-order valence-electron chi connectivity index (χ1n) is 7.67. The van der Waals surface area contributed by atoms with E-state index in [2.05, 4.69) is 5.32 Å². The topological polar surface area (TPSA) is 41.6 Å². The largest absolute Gasteiger partial charge is 0.484 e. The average Bonchev–Trinajstić information content (AvgIpc) is 2.60. The molecule has 1 N–H and O–H groups in total. The Morgan fingerprint density at radius 1 is 1.22 bits per heavy atom. The Balaban J connectivity index is 1.69. The van der Waals surface area contributed by atoms with Gasteiger partial charge in [0.25, 0.3) is 5.91 Å². The lowest BCUT2D eigenvalue weighted by atomic mass is 10.0. The summed E-state index contributed by atoms with van der Waals surface area (Å²) in [5.41, 5.74) is 0.797. The Hall–Kier alpha value is -2.40. The Morgan fingerprint density at radius 2 is 2.04 bits per heavy atom. The Kier molecular flexibility index (Phi) is 4.88. The monoisotopic (exact) mass is 314 g/mol. The third-order valence-electron chi connectivity index (χ3n) is 3.90. The zero-order valence-electron chi connectivity index (χ0n) is 12.7. The maximum atomic E-state index is 13.5. The van der Waals surface area contributed by atoms with Gasteiger partial charge in [0.2, 0.25) is 0 Å². The van der Waals surface area contributed by atoms with Crippen molar-refractivity contribution in [2.75, 3.05) is 26.2 Å². The standard InChI is InChI=1S/C18H19FN2O2/c19-15-6-4-5-14(11-15)17-12-20-9-10-21(17)18(22)13-23-16-7-2-1-3-8-16/h1-8,11,17,20H,9-10,12-13H2. The normalized spacial score (nSPS) is 17.8. The summed E-state index contributed by atoms with van der Waals surface area (Å²) in [6, 6.07) is 15.5. The SMILES string of the molecule is O=C(COc1ccccc1)N1CCNCC1c1cccc(F)c1. The lowest BCUT2D eigenvalue weighted by Gasteiger charge is -2.36. The third-order valence-corrected chi connectivity index (χ3v) is 3.90. The second kappa shape index (κ2) is 7.24. The highest BCUT2D eigenvalue weighted by Gasteiger charge is 2.28. The minimum absolute atomic E-state index is 0.0180. The van der Waals surface area contributed by atoms with Crippen molar-refractivity contribution >= 4 is 5.91 Å². The van der Waals surface area contributed by atoms with Gasteiger partial charge in [0.15, 0.2) is 6.61 Å². The van der Waals surface area contributed by atoms with Gasteiger partial charge in [-0.05, 0) is 29.8 Å². The molecule has 0 aromatic heterocycles. The number of para-hydroxylation sites is 1. The van der Waals surface area contributed by atoms with E-state index in [9.17, 15) is 9.18 Å². The van der Waals surface area contributed by atoms with Crippen LogP contribution >= 0.6 is 0 Å². The van der Waals surface area contributed by atoms with Crippen LogP contribution in [-0.2, 0) is 4.79 Å². The van der Waals surface area contributed by atoms with Crippen LogP contribution in [0.2, 0.25) is 0 Å². The molecule has 1 amide bonds. The molecule has 1 unspecified atom stereocenters. The molecular formula is C18H19FN2O2. The second-order valence-electron chi connectivity index (χ2n) is 5.46. The Bertz CT molecular complexity index is 663. The van der Waals surface area contributed by atoms with Crippen molar-refractivity contribution in [1.82, 2.24) is 10.2 Å². The van der Waals surface area contributed by atoms with Crippen LogP contribution in [0.1, 0.15) is 11.6 Å². The zero-order valence-corrected chi connectivity index (χ0v) is 12.7. The molecule has 1 fully saturated rings. The van der Waals surface area contributed by atoms with Gasteiger partial charge < -0.3 is 15.0 Å². The molecule has 1 aliphatic rings. The van der Waals surface area contributed by atoms with Gasteiger partial charge in [-0.3, -0.25) is 4.79 Å². The average molecular weight is 314 g/mol. The maximum Gasteiger partial charge on any atom is 0.261 e. The predicted molar refractivity (Wildman–Crippen MR) is 85.7 cm³/mol. The van der Waals surface area contributed by atoms with Gasteiger partial charge in [-0.15, -0.1) is 0 Å². The van der Waals surface area contributed by atoms with Gasteiger partial charge in [-0.25, -0.2) is 4.39 Å². The minimum atomic E-state index is -0.291. The first kappa shape index (κ1) is 15.5. The summed E-state index contributed by atoms with van der Waals surface area (Å²) in [5.74, 6) is 0.281. The third kappa shape index (κ3) is 3.87. The van der Waals surface area contributed by atoms with Crippen molar-refractivity contribution < 1.29 is 13.9 Å². The molecule has 23 heavy (non-hydrogen) atoms. The summed E-state index contributed by atoms with van der Waals surface area (Å²) >= 11 is 0. The summed E-state index contributed by atoms with van der Waals surface area (Å²) < 4.78 is 19.0. The molecule has 4 nitrogen and oxygen atoms in total. The first-order valence-corrected chi connectivity index (χ1v) is 7.67. The number of rotatable bonds is 4. The van der Waals surface area contributed by atoms with Gasteiger partial charge in [0, 0.05) is 19.6 Å². The fraction of sp³-hybridized carbons (Fsp3) is 0.278. The van der Waals surface area contributed by atoms with E-state index < -0.39 is 0 Å². The number of carbonyl (C=O) groups is 1. The Morgan fingerprint density at radius 3 is 2.83 bits per heavy atom. The molecule has 0 spiro atoms. The maximum absolute atomic E-state index is 13.5. The summed E-state index contributed by atoms with van der Waals surface area (Å²) in [7, 11) is 0. The van der Waals surface area contributed by atoms with E-state index in [1.165, 1.54) is 12.1 Å². The zero-order chi connectivity index (χ0) is 16.1. The van der Waals surface area contributed by atoms with Crippen LogP contribution in [0.4, 0.5) is 4.39 Å². The number of hydrogen-bond donors (Lipinski definition) is 1. The molecule has 2 aromatic rings. The first-order chi connectivity index (χ1) is 11.2. The van der Waals surface area contributed by atoms with Crippen LogP contribution in [0.3, 0.4) is 0 Å². The highest BCUT2D eigenvalue weighted by molar-refractivity contribution is 5.78. The number of nitrogens with zero attached hydrogens (tertiary/aromatic N) is 1. The van der Waals surface area contributed by atoms with Gasteiger partial charge in [-0.1, -0.05) is 30.3 Å². The van der Waals surface area contributed by atoms with Gasteiger partial charge in [0.05, 0.1) is 6.04 Å². The van der Waals surface area contributed by atoms with Crippen molar-refractivity contribution in [3.8, 4) is 5.75 Å². The molecule has 0 saturated carbocycles. The highest BCUT2D eigenvalue weighted by Crippen LogP contribution is 2.23. The van der Waals surface area contributed by atoms with E-state index in [-0.39, 0.29) is 24.4 Å². The van der Waals surface area contributed by atoms with Crippen molar-refractivity contribution in [1.29, 1.82) is 0 Å². The molecule has 2 aromatic carbocycles. The molecular weight excluding hydrogens is 295 g/mol. The Labute approximate surface area is 134 Å². The van der Waals surface area contributed by atoms with Crippen molar-refractivity contribution in [3.63, 3.8) is 0 Å². The van der Waals surface area contributed by atoms with E-state index in [4.69, 9.17) is 4.74 Å². The summed E-state index contributed by atoms with van der Waals surface area (Å²) in [6.45, 7) is 1.90. The number of halogens is 1. The van der Waals surface area contributed by atoms with Crippen molar-refractivity contribution in [2.45, 2.75) is 6.04 Å². The molecule has 1 atom stereocenters. The lowest BCUT2D eigenvalue weighted by molar-refractivity contribution is -0.136. The van der Waals surface area contributed by atoms with Crippen LogP contribution in [0, 0.1) is 5.82 Å². The fourth-order valence-electron chi connectivity index (χ4n) is 2.76. The molecule has 5 heteroatoms. The highest BCUT2D eigenvalue weighted by atomic mass is 19.1. The molecule has 0 aliphatic carbocycles. The summed E-state index contributed by atoms with van der Waals surface area (Å²) in [4.78, 5) is 14.3. The van der Waals surface area contributed by atoms with Crippen LogP contribution in [-0.4, -0.2) is 37.0 Å². The number of hydrogen-bond acceptors (Lipinski definition) is 3. The number of carbonyl (C=O) groups excluding carboxylic acids is 1. The number of piperazine rings is 1. The number of ether oxygens (including phenoxy) is 1. The number of benzene rings is 2. The molecule has 120 valence electrons. The molecule has 1 saturated heterocycles. The van der Waals surface area contributed by atoms with Crippen LogP contribution in [0.15, 0.2) is 54.6 Å². The lowest BCUT2D eigenvalue weighted by Crippen LogP contribution is -2.50. The van der Waals surface area contributed by atoms with E-state index in [0.717, 1.165) is 12.1 Å². The van der Waals surface area contributed by atoms with Gasteiger partial charge >= 0.3 is 0 Å². The predicted octanol–water partition coefficient (Wildman–Crippen LogP) is 2.38. The molecule has 0 radical (unpaired) electrons. The smallest absolute Gasteiger partial charge is 0.261 e. The second-order valence-corrected chi connectivity index (χ2v) is 5.46. The van der Waals surface area contributed by atoms with E-state index >= 15 is 0 Å². The minimum Gasteiger partial charge on any atom is -0.484 e. The van der Waals surface area contributed by atoms with Crippen LogP contribution in [0.5, 0.6) is 5.75 Å². The quantitative estimate of drug-likeness (QED) is 0.942. The molecule has 1 aliphatic heterocycles. The van der Waals surface area contributed by atoms with Gasteiger partial charge in [0.1, 0.15) is 11.6 Å². The summed E-state index contributed by atoms with van der Waals surface area (Å²) in [5, 5.41) is 3.25. The molecule has 0 bridgehead atoms. The van der Waals surface area contributed by atoms with Crippen LogP contribution < -0.4 is 10.1 Å². The van der Waals surface area contributed by atoms with Crippen molar-refractivity contribution in [3.05, 3.63) is 66.0 Å². The van der Waals surface area contributed by atoms with E-state index in [0.29, 0.717) is 18.8 Å². The van der Waals surface area contributed by atoms with Crippen LogP contribution in [0.25, 0.3) is 0 Å². The van der Waals surface area contributed by atoms with Crippen molar-refractivity contribution in [2.24, 2.45) is 0 Å².